The number of nitrogens with one attached hydrogen (secondary N) is 1. The summed E-state index contributed by atoms with van der Waals surface area (Å²) in [5, 5.41) is 14.7. The van der Waals surface area contributed by atoms with Gasteiger partial charge < -0.3 is 15.2 Å². The molecule has 1 aliphatic carbocycles. The maximum atomic E-state index is 12.8. The minimum absolute atomic E-state index is 0.166. The number of amides is 1. The Labute approximate surface area is 185 Å². The lowest BCUT2D eigenvalue weighted by Gasteiger charge is -2.23. The summed E-state index contributed by atoms with van der Waals surface area (Å²) in [6, 6.07) is 3.73. The van der Waals surface area contributed by atoms with Crippen LogP contribution in [-0.4, -0.2) is 32.3 Å². The number of aromatic nitrogens is 3. The van der Waals surface area contributed by atoms with Crippen LogP contribution in [0.15, 0.2) is 24.5 Å². The van der Waals surface area contributed by atoms with Gasteiger partial charge in [-0.15, -0.1) is 11.3 Å². The van der Waals surface area contributed by atoms with Crippen molar-refractivity contribution in [3.63, 3.8) is 0 Å². The number of carbonyl (C=O) groups excluding carboxylic acids is 2. The summed E-state index contributed by atoms with van der Waals surface area (Å²) in [6.45, 7) is 5.15. The van der Waals surface area contributed by atoms with Crippen molar-refractivity contribution in [2.75, 3.05) is 5.32 Å². The van der Waals surface area contributed by atoms with E-state index in [1.165, 1.54) is 6.20 Å². The van der Waals surface area contributed by atoms with Crippen molar-refractivity contribution in [1.82, 2.24) is 15.0 Å². The summed E-state index contributed by atoms with van der Waals surface area (Å²) in [6.07, 6.45) is 7.79. The lowest BCUT2D eigenvalue weighted by atomic mass is 9.83. The smallest absolute Gasteiger partial charge is 0.275 e. The van der Waals surface area contributed by atoms with Crippen molar-refractivity contribution >= 4 is 39.4 Å². The van der Waals surface area contributed by atoms with Gasteiger partial charge in [0, 0.05) is 29.3 Å². The van der Waals surface area contributed by atoms with Crippen molar-refractivity contribution in [1.29, 1.82) is 0 Å². The average Bonchev–Trinajstić information content (AvgIpc) is 3.15. The first-order valence-electron chi connectivity index (χ1n) is 10.5. The second-order valence-corrected chi connectivity index (χ2v) is 9.79. The highest BCUT2D eigenvalue weighted by atomic mass is 32.1. The van der Waals surface area contributed by atoms with Crippen LogP contribution in [0, 0.1) is 12.8 Å². The van der Waals surface area contributed by atoms with Crippen LogP contribution in [0.1, 0.15) is 72.2 Å². The Morgan fingerprint density at radius 3 is 2.58 bits per heavy atom. The second kappa shape index (κ2) is 8.43. The van der Waals surface area contributed by atoms with Gasteiger partial charge in [0.1, 0.15) is 12.0 Å². The van der Waals surface area contributed by atoms with E-state index in [4.69, 9.17) is 4.98 Å². The molecule has 8 heteroatoms. The van der Waals surface area contributed by atoms with E-state index in [0.717, 1.165) is 47.2 Å². The number of rotatable bonds is 5. The number of hydrogen-bond donors (Lipinski definition) is 2. The first-order chi connectivity index (χ1) is 14.7. The monoisotopic (exact) mass is 438 g/mol. The fourth-order valence-corrected chi connectivity index (χ4v) is 5.19. The fraction of sp³-hybridized carbons (Fsp3) is 0.435. The fourth-order valence-electron chi connectivity index (χ4n) is 4.04. The van der Waals surface area contributed by atoms with Gasteiger partial charge in [-0.1, -0.05) is 0 Å². The first kappa shape index (κ1) is 21.5. The molecule has 0 atom stereocenters. The quantitative estimate of drug-likeness (QED) is 0.574. The Hall–Kier alpha value is -2.71. The van der Waals surface area contributed by atoms with Crippen LogP contribution >= 0.6 is 11.3 Å². The summed E-state index contributed by atoms with van der Waals surface area (Å²) < 4.78 is 0.950. The van der Waals surface area contributed by atoms with E-state index in [-0.39, 0.29) is 17.5 Å². The molecule has 1 fully saturated rings. The molecular weight excluding hydrogens is 412 g/mol. The Bertz CT molecular complexity index is 1130. The SMILES string of the molecule is Cc1cncc(C(=O)Nc2cc3sc([C@H]4CC[C@H](C=O)CC4)nc3cc2C(C)(C)O)n1. The van der Waals surface area contributed by atoms with Crippen LogP contribution in [0.2, 0.25) is 0 Å². The summed E-state index contributed by atoms with van der Waals surface area (Å²) in [5.74, 6) is 0.136. The highest BCUT2D eigenvalue weighted by Crippen LogP contribution is 2.40. The molecule has 0 unspecified atom stereocenters. The number of hydrogen-bond acceptors (Lipinski definition) is 7. The van der Waals surface area contributed by atoms with E-state index in [2.05, 4.69) is 15.3 Å². The number of nitrogens with zero attached hydrogens (tertiary/aromatic N) is 3. The van der Waals surface area contributed by atoms with Crippen molar-refractivity contribution in [2.45, 2.75) is 58.0 Å². The molecule has 2 heterocycles. The molecule has 0 saturated heterocycles. The molecule has 1 aromatic carbocycles. The second-order valence-electron chi connectivity index (χ2n) is 8.72. The van der Waals surface area contributed by atoms with Crippen molar-refractivity contribution < 1.29 is 14.7 Å². The zero-order valence-corrected chi connectivity index (χ0v) is 18.7. The van der Waals surface area contributed by atoms with E-state index in [1.807, 2.05) is 12.1 Å². The largest absolute Gasteiger partial charge is 0.386 e. The van der Waals surface area contributed by atoms with Crippen molar-refractivity contribution in [3.8, 4) is 0 Å². The minimum atomic E-state index is -1.17. The molecule has 2 aromatic heterocycles. The molecule has 1 aliphatic rings. The molecule has 1 amide bonds. The third-order valence-electron chi connectivity index (χ3n) is 5.75. The minimum Gasteiger partial charge on any atom is -0.386 e. The van der Waals surface area contributed by atoms with Crippen LogP contribution in [0.4, 0.5) is 5.69 Å². The molecule has 1 saturated carbocycles. The Morgan fingerprint density at radius 1 is 1.19 bits per heavy atom. The number of carbonyl (C=O) groups is 2. The zero-order valence-electron chi connectivity index (χ0n) is 17.9. The van der Waals surface area contributed by atoms with Gasteiger partial charge in [-0.3, -0.25) is 9.78 Å². The molecule has 31 heavy (non-hydrogen) atoms. The summed E-state index contributed by atoms with van der Waals surface area (Å²) in [5.41, 5.74) is 1.65. The predicted octanol–water partition coefficient (Wildman–Crippen LogP) is 4.35. The standard InChI is InChI=1S/C23H26N4O3S/c1-13-10-24-11-19(25-13)21(29)26-17-9-20-18(8-16(17)23(2,3)30)27-22(31-20)15-6-4-14(12-28)5-7-15/h8-12,14-15,30H,4-7H2,1-3H3,(H,26,29)/t14-,15-. The molecule has 4 rings (SSSR count). The van der Waals surface area contributed by atoms with Gasteiger partial charge in [0.2, 0.25) is 0 Å². The zero-order chi connectivity index (χ0) is 22.2. The van der Waals surface area contributed by atoms with Gasteiger partial charge in [0.15, 0.2) is 0 Å². The highest BCUT2D eigenvalue weighted by Gasteiger charge is 2.27. The molecule has 7 nitrogen and oxygen atoms in total. The molecular formula is C23H26N4O3S. The first-order valence-corrected chi connectivity index (χ1v) is 11.3. The van der Waals surface area contributed by atoms with Crippen LogP contribution in [0.25, 0.3) is 10.2 Å². The van der Waals surface area contributed by atoms with Gasteiger partial charge in [0.25, 0.3) is 5.91 Å². The lowest BCUT2D eigenvalue weighted by molar-refractivity contribution is -0.111. The van der Waals surface area contributed by atoms with E-state index in [0.29, 0.717) is 22.9 Å². The van der Waals surface area contributed by atoms with Crippen LogP contribution in [-0.2, 0) is 10.4 Å². The van der Waals surface area contributed by atoms with Gasteiger partial charge in [0.05, 0.1) is 32.7 Å². The molecule has 2 N–H and O–H groups in total. The number of aryl methyl sites for hydroxylation is 1. The molecule has 0 spiro atoms. The molecule has 0 bridgehead atoms. The Morgan fingerprint density at radius 2 is 1.94 bits per heavy atom. The van der Waals surface area contributed by atoms with E-state index >= 15 is 0 Å². The number of aldehydes is 1. The van der Waals surface area contributed by atoms with Crippen molar-refractivity contribution in [3.05, 3.63) is 46.5 Å². The Balaban J connectivity index is 1.67. The summed E-state index contributed by atoms with van der Waals surface area (Å²) in [4.78, 5) is 36.9. The number of fused-ring (bicyclic) bond motifs is 1. The van der Waals surface area contributed by atoms with Crippen LogP contribution in [0.3, 0.4) is 0 Å². The third-order valence-corrected chi connectivity index (χ3v) is 6.93. The average molecular weight is 439 g/mol. The topological polar surface area (TPSA) is 105 Å². The summed E-state index contributed by atoms with van der Waals surface area (Å²) in [7, 11) is 0. The molecule has 0 radical (unpaired) electrons. The third kappa shape index (κ3) is 4.65. The number of aliphatic hydroxyl groups is 1. The van der Waals surface area contributed by atoms with Gasteiger partial charge >= 0.3 is 0 Å². The summed E-state index contributed by atoms with van der Waals surface area (Å²) >= 11 is 1.61. The van der Waals surface area contributed by atoms with E-state index < -0.39 is 5.60 Å². The van der Waals surface area contributed by atoms with Gasteiger partial charge in [-0.2, -0.15) is 0 Å². The lowest BCUT2D eigenvalue weighted by Crippen LogP contribution is -2.21. The van der Waals surface area contributed by atoms with Crippen molar-refractivity contribution in [2.24, 2.45) is 5.92 Å². The van der Waals surface area contributed by atoms with Gasteiger partial charge in [-0.05, 0) is 58.6 Å². The van der Waals surface area contributed by atoms with Crippen LogP contribution < -0.4 is 5.32 Å². The van der Waals surface area contributed by atoms with E-state index in [1.54, 1.807) is 38.3 Å². The number of thiazole rings is 1. The molecule has 3 aromatic rings. The van der Waals surface area contributed by atoms with Crippen LogP contribution in [0.5, 0.6) is 0 Å². The number of anilines is 1. The van der Waals surface area contributed by atoms with Gasteiger partial charge in [-0.25, -0.2) is 9.97 Å². The Kier molecular flexibility index (Phi) is 5.85. The highest BCUT2D eigenvalue weighted by molar-refractivity contribution is 7.18. The normalized spacial score (nSPS) is 19.4. The predicted molar refractivity (Wildman–Crippen MR) is 120 cm³/mol. The maximum absolute atomic E-state index is 12.8. The molecule has 0 aliphatic heterocycles. The molecule has 162 valence electrons. The maximum Gasteiger partial charge on any atom is 0.275 e. The van der Waals surface area contributed by atoms with E-state index in [9.17, 15) is 14.7 Å². The number of benzene rings is 1.